The normalized spacial score (nSPS) is 11.0. The predicted molar refractivity (Wildman–Crippen MR) is 126 cm³/mol. The van der Waals surface area contributed by atoms with Gasteiger partial charge in [-0.2, -0.15) is 0 Å². The van der Waals surface area contributed by atoms with Crippen LogP contribution in [0.2, 0.25) is 5.02 Å². The molecule has 0 saturated carbocycles. The molecule has 0 radical (unpaired) electrons. The van der Waals surface area contributed by atoms with Crippen molar-refractivity contribution >= 4 is 28.5 Å². The molecule has 31 heavy (non-hydrogen) atoms. The molecule has 0 aliphatic carbocycles. The number of hydrogen-bond donors (Lipinski definition) is 2. The first-order valence-corrected chi connectivity index (χ1v) is 10.4. The number of hydrogen-bond acceptors (Lipinski definition) is 4. The first-order valence-electron chi connectivity index (χ1n) is 10.0. The SMILES string of the molecule is Cc1ccc(CNc2cc(-c3nc4ncccc4[nH]3)cc(-c3ncccc3Cl)c2)cc1. The van der Waals surface area contributed by atoms with Crippen LogP contribution in [0.25, 0.3) is 33.8 Å². The van der Waals surface area contributed by atoms with Crippen LogP contribution in [-0.4, -0.2) is 19.9 Å². The lowest BCUT2D eigenvalue weighted by Crippen LogP contribution is -2.00. The lowest BCUT2D eigenvalue weighted by molar-refractivity contribution is 1.14. The summed E-state index contributed by atoms with van der Waals surface area (Å²) in [6, 6.07) is 22.2. The van der Waals surface area contributed by atoms with Crippen molar-refractivity contribution < 1.29 is 0 Å². The van der Waals surface area contributed by atoms with Gasteiger partial charge < -0.3 is 10.3 Å². The van der Waals surface area contributed by atoms with Crippen LogP contribution < -0.4 is 5.32 Å². The minimum Gasteiger partial charge on any atom is -0.381 e. The van der Waals surface area contributed by atoms with E-state index in [4.69, 9.17) is 11.6 Å². The Morgan fingerprint density at radius 2 is 1.68 bits per heavy atom. The van der Waals surface area contributed by atoms with E-state index in [-0.39, 0.29) is 0 Å². The minimum absolute atomic E-state index is 0.607. The van der Waals surface area contributed by atoms with Gasteiger partial charge in [-0.25, -0.2) is 9.97 Å². The number of halogens is 1. The summed E-state index contributed by atoms with van der Waals surface area (Å²) in [5.41, 5.74) is 7.59. The molecule has 0 unspecified atom stereocenters. The lowest BCUT2D eigenvalue weighted by Gasteiger charge is -2.12. The van der Waals surface area contributed by atoms with E-state index >= 15 is 0 Å². The maximum Gasteiger partial charge on any atom is 0.178 e. The van der Waals surface area contributed by atoms with Crippen molar-refractivity contribution in [1.29, 1.82) is 0 Å². The number of aromatic nitrogens is 4. The second-order valence-electron chi connectivity index (χ2n) is 7.43. The number of aryl methyl sites for hydroxylation is 1. The van der Waals surface area contributed by atoms with E-state index in [1.165, 1.54) is 11.1 Å². The molecule has 3 aromatic heterocycles. The molecule has 152 valence electrons. The quantitative estimate of drug-likeness (QED) is 0.348. The van der Waals surface area contributed by atoms with E-state index < -0.39 is 0 Å². The van der Waals surface area contributed by atoms with Gasteiger partial charge in [-0.3, -0.25) is 4.98 Å². The smallest absolute Gasteiger partial charge is 0.178 e. The standard InChI is InChI=1S/C25H20ClN5/c1-16-6-8-17(9-7-16)15-29-20-13-18(23-21(26)4-2-10-27-23)12-19(14-20)24-30-22-5-3-11-28-25(22)31-24/h2-14,29H,15H2,1H3,(H,28,30,31). The molecule has 0 amide bonds. The average molecular weight is 426 g/mol. The molecule has 0 spiro atoms. The Kier molecular flexibility index (Phi) is 5.10. The summed E-state index contributed by atoms with van der Waals surface area (Å²) in [4.78, 5) is 16.8. The number of nitrogens with one attached hydrogen (secondary N) is 2. The molecule has 0 saturated heterocycles. The highest BCUT2D eigenvalue weighted by molar-refractivity contribution is 6.33. The zero-order chi connectivity index (χ0) is 21.2. The Labute approximate surface area is 185 Å². The van der Waals surface area contributed by atoms with E-state index in [0.717, 1.165) is 33.8 Å². The number of rotatable bonds is 5. The number of nitrogens with zero attached hydrogens (tertiary/aromatic N) is 3. The molecule has 6 heteroatoms. The summed E-state index contributed by atoms with van der Waals surface area (Å²) in [5, 5.41) is 4.13. The van der Waals surface area contributed by atoms with Crippen LogP contribution in [0.15, 0.2) is 79.1 Å². The fourth-order valence-corrected chi connectivity index (χ4v) is 3.72. The molecule has 5 nitrogen and oxygen atoms in total. The Bertz CT molecular complexity index is 1330. The summed E-state index contributed by atoms with van der Waals surface area (Å²) < 4.78 is 0. The maximum absolute atomic E-state index is 6.45. The van der Waals surface area contributed by atoms with Crippen molar-refractivity contribution in [3.8, 4) is 22.6 Å². The van der Waals surface area contributed by atoms with Gasteiger partial charge >= 0.3 is 0 Å². The van der Waals surface area contributed by atoms with Crippen molar-refractivity contribution in [2.75, 3.05) is 5.32 Å². The third-order valence-electron chi connectivity index (χ3n) is 5.11. The Morgan fingerprint density at radius 1 is 0.903 bits per heavy atom. The number of anilines is 1. The van der Waals surface area contributed by atoms with E-state index in [1.54, 1.807) is 12.4 Å². The maximum atomic E-state index is 6.45. The first-order chi connectivity index (χ1) is 15.2. The molecule has 0 aliphatic rings. The van der Waals surface area contributed by atoms with E-state index in [0.29, 0.717) is 17.2 Å². The van der Waals surface area contributed by atoms with E-state index in [2.05, 4.69) is 68.6 Å². The molecule has 0 atom stereocenters. The fourth-order valence-electron chi connectivity index (χ4n) is 3.49. The third-order valence-corrected chi connectivity index (χ3v) is 5.42. The third kappa shape index (κ3) is 4.13. The summed E-state index contributed by atoms with van der Waals surface area (Å²) >= 11 is 6.45. The second-order valence-corrected chi connectivity index (χ2v) is 7.84. The van der Waals surface area contributed by atoms with Crippen LogP contribution >= 0.6 is 11.6 Å². The molecular weight excluding hydrogens is 406 g/mol. The second kappa shape index (κ2) is 8.20. The Morgan fingerprint density at radius 3 is 2.48 bits per heavy atom. The van der Waals surface area contributed by atoms with Gasteiger partial charge in [0.15, 0.2) is 5.65 Å². The molecule has 0 fully saturated rings. The number of imidazole rings is 1. The predicted octanol–water partition coefficient (Wildman–Crippen LogP) is 6.26. The van der Waals surface area contributed by atoms with Gasteiger partial charge in [-0.1, -0.05) is 41.4 Å². The highest BCUT2D eigenvalue weighted by Gasteiger charge is 2.12. The van der Waals surface area contributed by atoms with Crippen molar-refractivity contribution in [1.82, 2.24) is 19.9 Å². The van der Waals surface area contributed by atoms with Crippen molar-refractivity contribution in [2.24, 2.45) is 0 Å². The zero-order valence-electron chi connectivity index (χ0n) is 16.9. The lowest BCUT2D eigenvalue weighted by atomic mass is 10.0. The summed E-state index contributed by atoms with van der Waals surface area (Å²) in [5.74, 6) is 0.751. The van der Waals surface area contributed by atoms with Crippen molar-refractivity contribution in [3.05, 3.63) is 95.3 Å². The van der Waals surface area contributed by atoms with Crippen LogP contribution in [0, 0.1) is 6.92 Å². The van der Waals surface area contributed by atoms with Crippen LogP contribution in [0.5, 0.6) is 0 Å². The number of benzene rings is 2. The largest absolute Gasteiger partial charge is 0.381 e. The van der Waals surface area contributed by atoms with Gasteiger partial charge in [0.25, 0.3) is 0 Å². The van der Waals surface area contributed by atoms with Crippen LogP contribution in [0.4, 0.5) is 5.69 Å². The van der Waals surface area contributed by atoms with Gasteiger partial charge in [-0.15, -0.1) is 0 Å². The summed E-state index contributed by atoms with van der Waals surface area (Å²) in [7, 11) is 0. The molecule has 5 aromatic rings. The Balaban J connectivity index is 1.56. The van der Waals surface area contributed by atoms with Crippen LogP contribution in [0.1, 0.15) is 11.1 Å². The molecule has 0 aliphatic heterocycles. The first kappa shape index (κ1) is 19.3. The van der Waals surface area contributed by atoms with E-state index in [9.17, 15) is 0 Å². The van der Waals surface area contributed by atoms with Gasteiger partial charge in [0.1, 0.15) is 5.82 Å². The topological polar surface area (TPSA) is 66.5 Å². The molecular formula is C25H20ClN5. The highest BCUT2D eigenvalue weighted by atomic mass is 35.5. The van der Waals surface area contributed by atoms with Gasteiger partial charge in [0, 0.05) is 35.8 Å². The Hall–Kier alpha value is -3.70. The fraction of sp³-hybridized carbons (Fsp3) is 0.0800. The van der Waals surface area contributed by atoms with Gasteiger partial charge in [0.05, 0.1) is 16.2 Å². The molecule has 2 aromatic carbocycles. The number of pyridine rings is 2. The number of H-pyrrole nitrogens is 1. The van der Waals surface area contributed by atoms with Gasteiger partial charge in [-0.05, 0) is 55.0 Å². The van der Waals surface area contributed by atoms with E-state index in [1.807, 2.05) is 30.3 Å². The summed E-state index contributed by atoms with van der Waals surface area (Å²) in [6.45, 7) is 2.80. The highest BCUT2D eigenvalue weighted by Crippen LogP contribution is 2.32. The monoisotopic (exact) mass is 425 g/mol. The average Bonchev–Trinajstić information content (AvgIpc) is 3.23. The molecule has 2 N–H and O–H groups in total. The molecule has 5 rings (SSSR count). The van der Waals surface area contributed by atoms with Crippen molar-refractivity contribution in [3.63, 3.8) is 0 Å². The minimum atomic E-state index is 0.607. The number of fused-ring (bicyclic) bond motifs is 1. The van der Waals surface area contributed by atoms with Gasteiger partial charge in [0.2, 0.25) is 0 Å². The van der Waals surface area contributed by atoms with Crippen LogP contribution in [-0.2, 0) is 6.54 Å². The van der Waals surface area contributed by atoms with Crippen molar-refractivity contribution in [2.45, 2.75) is 13.5 Å². The number of aromatic amines is 1. The molecule has 3 heterocycles. The van der Waals surface area contributed by atoms with Crippen LogP contribution in [0.3, 0.4) is 0 Å². The molecule has 0 bridgehead atoms. The zero-order valence-corrected chi connectivity index (χ0v) is 17.7. The summed E-state index contributed by atoms with van der Waals surface area (Å²) in [6.07, 6.45) is 3.49.